The van der Waals surface area contributed by atoms with E-state index in [0.717, 1.165) is 25.9 Å². The summed E-state index contributed by atoms with van der Waals surface area (Å²) < 4.78 is 5.47. The second-order valence-corrected chi connectivity index (χ2v) is 7.33. The number of nitrogens with zero attached hydrogens (tertiary/aromatic N) is 1. The Bertz CT molecular complexity index is 312. The lowest BCUT2D eigenvalue weighted by atomic mass is 10.0. The molecule has 0 aromatic rings. The minimum atomic E-state index is -0.412. The van der Waals surface area contributed by atoms with Crippen molar-refractivity contribution in [1.29, 1.82) is 0 Å². The van der Waals surface area contributed by atoms with Crippen molar-refractivity contribution in [2.45, 2.75) is 90.8 Å². The fourth-order valence-electron chi connectivity index (χ4n) is 2.79. The Morgan fingerprint density at radius 3 is 2.71 bits per heavy atom. The summed E-state index contributed by atoms with van der Waals surface area (Å²) in [6.45, 7) is 11.8. The van der Waals surface area contributed by atoms with Crippen molar-refractivity contribution >= 4 is 6.09 Å². The van der Waals surface area contributed by atoms with Gasteiger partial charge in [0.25, 0.3) is 0 Å². The third-order valence-corrected chi connectivity index (χ3v) is 3.83. The normalized spacial score (nSPS) is 21.2. The van der Waals surface area contributed by atoms with Crippen molar-refractivity contribution < 1.29 is 9.53 Å². The molecule has 0 aromatic heterocycles. The molecular weight excluding hydrogens is 264 g/mol. The van der Waals surface area contributed by atoms with Crippen molar-refractivity contribution in [3.05, 3.63) is 0 Å². The second kappa shape index (κ2) is 8.62. The van der Waals surface area contributed by atoms with E-state index in [1.807, 2.05) is 25.7 Å². The van der Waals surface area contributed by atoms with Crippen molar-refractivity contribution in [3.8, 4) is 0 Å². The molecule has 1 N–H and O–H groups in total. The molecule has 4 heteroatoms. The molecule has 1 saturated heterocycles. The van der Waals surface area contributed by atoms with E-state index in [0.29, 0.717) is 12.1 Å². The van der Waals surface area contributed by atoms with Gasteiger partial charge in [-0.3, -0.25) is 0 Å². The Kier molecular flexibility index (Phi) is 7.50. The summed E-state index contributed by atoms with van der Waals surface area (Å²) in [6, 6.07) is 0.933. The number of ether oxygens (including phenoxy) is 1. The molecule has 0 aromatic carbocycles. The third-order valence-electron chi connectivity index (χ3n) is 3.83. The summed E-state index contributed by atoms with van der Waals surface area (Å²) >= 11 is 0. The molecule has 0 spiro atoms. The summed E-state index contributed by atoms with van der Waals surface area (Å²) in [5, 5.41) is 3.68. The molecule has 21 heavy (non-hydrogen) atoms. The number of carbonyl (C=O) groups excluding carboxylic acids is 1. The van der Waals surface area contributed by atoms with Gasteiger partial charge in [0, 0.05) is 25.2 Å². The van der Waals surface area contributed by atoms with Crippen molar-refractivity contribution in [2.24, 2.45) is 0 Å². The van der Waals surface area contributed by atoms with E-state index in [-0.39, 0.29) is 6.09 Å². The lowest BCUT2D eigenvalue weighted by Gasteiger charge is -2.35. The van der Waals surface area contributed by atoms with Gasteiger partial charge in [-0.05, 0) is 47.0 Å². The van der Waals surface area contributed by atoms with Crippen LogP contribution in [0.25, 0.3) is 0 Å². The largest absolute Gasteiger partial charge is 0.444 e. The Hall–Kier alpha value is -0.770. The van der Waals surface area contributed by atoms with Gasteiger partial charge in [0.05, 0.1) is 0 Å². The van der Waals surface area contributed by atoms with Crippen molar-refractivity contribution in [2.75, 3.05) is 13.1 Å². The average Bonchev–Trinajstić information content (AvgIpc) is 2.37. The van der Waals surface area contributed by atoms with E-state index in [4.69, 9.17) is 4.74 Å². The Labute approximate surface area is 130 Å². The van der Waals surface area contributed by atoms with E-state index in [1.165, 1.54) is 25.7 Å². The van der Waals surface area contributed by atoms with Gasteiger partial charge in [-0.2, -0.15) is 0 Å². The van der Waals surface area contributed by atoms with E-state index in [1.54, 1.807) is 0 Å². The number of rotatable bonds is 6. The highest BCUT2D eigenvalue weighted by atomic mass is 16.6. The van der Waals surface area contributed by atoms with E-state index in [2.05, 4.69) is 19.2 Å². The monoisotopic (exact) mass is 298 g/mol. The number of amides is 1. The number of hydrogen-bond acceptors (Lipinski definition) is 3. The lowest BCUT2D eigenvalue weighted by Crippen LogP contribution is -2.51. The first-order valence-electron chi connectivity index (χ1n) is 8.55. The number of likely N-dealkylation sites (tertiary alicyclic amines) is 1. The number of unbranched alkanes of at least 4 members (excludes halogenated alkanes) is 2. The summed E-state index contributed by atoms with van der Waals surface area (Å²) in [6.07, 6.45) is 7.11. The van der Waals surface area contributed by atoms with Crippen LogP contribution in [-0.2, 0) is 4.74 Å². The summed E-state index contributed by atoms with van der Waals surface area (Å²) in [4.78, 5) is 14.0. The van der Waals surface area contributed by atoms with Crippen LogP contribution in [0.4, 0.5) is 4.79 Å². The molecule has 1 amide bonds. The molecule has 1 aliphatic rings. The Balaban J connectivity index is 2.36. The van der Waals surface area contributed by atoms with Crippen LogP contribution in [-0.4, -0.2) is 41.8 Å². The van der Waals surface area contributed by atoms with Crippen LogP contribution in [0.1, 0.15) is 73.1 Å². The predicted octanol–water partition coefficient (Wildman–Crippen LogP) is 3.94. The first-order valence-corrected chi connectivity index (χ1v) is 8.55. The molecule has 1 rings (SSSR count). The summed E-state index contributed by atoms with van der Waals surface area (Å²) in [5.74, 6) is 0. The minimum Gasteiger partial charge on any atom is -0.444 e. The van der Waals surface area contributed by atoms with Gasteiger partial charge < -0.3 is 15.0 Å². The standard InChI is InChI=1S/C17H34N2O2/c1-6-7-8-10-14(2)18-15-11-9-12-19(13-15)16(20)21-17(3,4)5/h14-15,18H,6-13H2,1-5H3. The third kappa shape index (κ3) is 7.70. The smallest absolute Gasteiger partial charge is 0.410 e. The van der Waals surface area contributed by atoms with Gasteiger partial charge in [-0.1, -0.05) is 26.2 Å². The number of nitrogens with one attached hydrogen (secondary N) is 1. The highest BCUT2D eigenvalue weighted by molar-refractivity contribution is 5.68. The Morgan fingerprint density at radius 2 is 2.10 bits per heavy atom. The van der Waals surface area contributed by atoms with Gasteiger partial charge >= 0.3 is 6.09 Å². The highest BCUT2D eigenvalue weighted by Crippen LogP contribution is 2.16. The van der Waals surface area contributed by atoms with Crippen molar-refractivity contribution in [1.82, 2.24) is 10.2 Å². The SMILES string of the molecule is CCCCCC(C)NC1CCCN(C(=O)OC(C)(C)C)C1. The fraction of sp³-hybridized carbons (Fsp3) is 0.941. The maximum atomic E-state index is 12.1. The van der Waals surface area contributed by atoms with Crippen LogP contribution in [0, 0.1) is 0 Å². The van der Waals surface area contributed by atoms with E-state index in [9.17, 15) is 4.79 Å². The summed E-state index contributed by atoms with van der Waals surface area (Å²) in [5.41, 5.74) is -0.412. The van der Waals surface area contributed by atoms with Gasteiger partial charge in [0.15, 0.2) is 0 Å². The van der Waals surface area contributed by atoms with Crippen LogP contribution in [0.5, 0.6) is 0 Å². The molecular formula is C17H34N2O2. The molecule has 0 saturated carbocycles. The van der Waals surface area contributed by atoms with Gasteiger partial charge in [0.2, 0.25) is 0 Å². The predicted molar refractivity (Wildman–Crippen MR) is 87.6 cm³/mol. The molecule has 4 nitrogen and oxygen atoms in total. The van der Waals surface area contributed by atoms with Crippen LogP contribution in [0.2, 0.25) is 0 Å². The van der Waals surface area contributed by atoms with Gasteiger partial charge in [0.1, 0.15) is 5.60 Å². The van der Waals surface area contributed by atoms with E-state index < -0.39 is 5.60 Å². The van der Waals surface area contributed by atoms with Crippen LogP contribution in [0.3, 0.4) is 0 Å². The fourth-order valence-corrected chi connectivity index (χ4v) is 2.79. The molecule has 124 valence electrons. The zero-order valence-electron chi connectivity index (χ0n) is 14.6. The molecule has 0 bridgehead atoms. The number of hydrogen-bond donors (Lipinski definition) is 1. The topological polar surface area (TPSA) is 41.6 Å². The first-order chi connectivity index (χ1) is 9.81. The maximum absolute atomic E-state index is 12.1. The lowest BCUT2D eigenvalue weighted by molar-refractivity contribution is 0.0183. The Morgan fingerprint density at radius 1 is 1.38 bits per heavy atom. The molecule has 1 aliphatic heterocycles. The average molecular weight is 298 g/mol. The minimum absolute atomic E-state index is 0.173. The zero-order valence-corrected chi connectivity index (χ0v) is 14.6. The molecule has 1 fully saturated rings. The molecule has 2 atom stereocenters. The molecule has 2 unspecified atom stereocenters. The van der Waals surface area contributed by atoms with Crippen LogP contribution >= 0.6 is 0 Å². The van der Waals surface area contributed by atoms with Gasteiger partial charge in [-0.25, -0.2) is 4.79 Å². The van der Waals surface area contributed by atoms with Crippen LogP contribution in [0.15, 0.2) is 0 Å². The highest BCUT2D eigenvalue weighted by Gasteiger charge is 2.27. The molecule has 0 aliphatic carbocycles. The van der Waals surface area contributed by atoms with Crippen molar-refractivity contribution in [3.63, 3.8) is 0 Å². The molecule has 1 heterocycles. The maximum Gasteiger partial charge on any atom is 0.410 e. The molecule has 0 radical (unpaired) electrons. The quantitative estimate of drug-likeness (QED) is 0.755. The summed E-state index contributed by atoms with van der Waals surface area (Å²) in [7, 11) is 0. The van der Waals surface area contributed by atoms with Gasteiger partial charge in [-0.15, -0.1) is 0 Å². The second-order valence-electron chi connectivity index (χ2n) is 7.33. The first kappa shape index (κ1) is 18.3. The van der Waals surface area contributed by atoms with Crippen LogP contribution < -0.4 is 5.32 Å². The number of carbonyl (C=O) groups is 1. The number of piperidine rings is 1. The van der Waals surface area contributed by atoms with E-state index >= 15 is 0 Å². The zero-order chi connectivity index (χ0) is 15.9.